The Labute approximate surface area is 118 Å². The Morgan fingerprint density at radius 2 is 2.20 bits per heavy atom. The molecular weight excluding hydrogens is 252 g/mol. The van der Waals surface area contributed by atoms with E-state index in [4.69, 9.17) is 11.1 Å². The molecule has 0 amide bonds. The van der Waals surface area contributed by atoms with E-state index in [1.54, 1.807) is 24.4 Å². The first kappa shape index (κ1) is 14.1. The molecule has 0 bridgehead atoms. The highest BCUT2D eigenvalue weighted by Gasteiger charge is 2.23. The topological polar surface area (TPSA) is 94.5 Å². The molecule has 0 unspecified atom stereocenters. The van der Waals surface area contributed by atoms with E-state index in [9.17, 15) is 5.11 Å². The highest BCUT2D eigenvalue weighted by Crippen LogP contribution is 2.37. The van der Waals surface area contributed by atoms with Gasteiger partial charge in [-0.25, -0.2) is 4.99 Å². The van der Waals surface area contributed by atoms with Gasteiger partial charge in [-0.05, 0) is 24.5 Å². The Hall–Kier alpha value is -2.30. The minimum atomic E-state index is 0.111. The number of nitrogens with zero attached hydrogens (tertiary/aromatic N) is 1. The van der Waals surface area contributed by atoms with Gasteiger partial charge in [0.05, 0.1) is 11.3 Å². The van der Waals surface area contributed by atoms with Crippen molar-refractivity contribution in [2.75, 3.05) is 6.54 Å². The van der Waals surface area contributed by atoms with Crippen LogP contribution in [0.1, 0.15) is 25.8 Å². The number of hydrogen-bond acceptors (Lipinski definition) is 5. The summed E-state index contributed by atoms with van der Waals surface area (Å²) in [4.78, 5) is 4.14. The summed E-state index contributed by atoms with van der Waals surface area (Å²) in [5.74, 6) is 0.888. The van der Waals surface area contributed by atoms with Crippen molar-refractivity contribution in [1.29, 1.82) is 5.41 Å². The van der Waals surface area contributed by atoms with E-state index in [-0.39, 0.29) is 17.3 Å². The lowest BCUT2D eigenvalue weighted by atomic mass is 9.96. The van der Waals surface area contributed by atoms with E-state index in [0.29, 0.717) is 22.7 Å². The smallest absolute Gasteiger partial charge is 0.150 e. The third-order valence-electron chi connectivity index (χ3n) is 3.17. The van der Waals surface area contributed by atoms with Crippen molar-refractivity contribution in [3.8, 4) is 5.75 Å². The maximum atomic E-state index is 10.0. The van der Waals surface area contributed by atoms with Gasteiger partial charge in [0.1, 0.15) is 17.3 Å². The normalized spacial score (nSPS) is 16.2. The fourth-order valence-electron chi connectivity index (χ4n) is 2.04. The van der Waals surface area contributed by atoms with Gasteiger partial charge in [0.2, 0.25) is 0 Å². The lowest BCUT2D eigenvalue weighted by Crippen LogP contribution is -2.27. The van der Waals surface area contributed by atoms with Crippen molar-refractivity contribution in [3.63, 3.8) is 0 Å². The quantitative estimate of drug-likeness (QED) is 0.634. The van der Waals surface area contributed by atoms with Gasteiger partial charge in [0.15, 0.2) is 0 Å². The number of fused-ring (bicyclic) bond motifs is 1. The molecule has 106 valence electrons. The van der Waals surface area contributed by atoms with Crippen LogP contribution >= 0.6 is 0 Å². The lowest BCUT2D eigenvalue weighted by molar-refractivity contribution is 0.474. The molecule has 0 spiro atoms. The van der Waals surface area contributed by atoms with E-state index >= 15 is 0 Å². The number of rotatable bonds is 4. The van der Waals surface area contributed by atoms with E-state index in [0.717, 1.165) is 13.0 Å². The number of aromatic hydroxyl groups is 1. The zero-order valence-corrected chi connectivity index (χ0v) is 11.8. The third-order valence-corrected chi connectivity index (χ3v) is 3.17. The van der Waals surface area contributed by atoms with Crippen molar-refractivity contribution in [3.05, 3.63) is 30.0 Å². The maximum Gasteiger partial charge on any atom is 0.150 e. The van der Waals surface area contributed by atoms with Crippen LogP contribution in [-0.2, 0) is 0 Å². The molecule has 0 radical (unpaired) electrons. The van der Waals surface area contributed by atoms with E-state index in [1.165, 1.54) is 0 Å². The van der Waals surface area contributed by atoms with Gasteiger partial charge in [-0.3, -0.25) is 5.41 Å². The van der Waals surface area contributed by atoms with E-state index in [2.05, 4.69) is 24.2 Å². The molecule has 20 heavy (non-hydrogen) atoms. The Morgan fingerprint density at radius 1 is 1.45 bits per heavy atom. The zero-order valence-electron chi connectivity index (χ0n) is 11.8. The molecule has 5 heteroatoms. The number of phenolic OH excluding ortho intramolecular Hbond substituents is 1. The van der Waals surface area contributed by atoms with Gasteiger partial charge in [-0.2, -0.15) is 0 Å². The molecule has 1 heterocycles. The van der Waals surface area contributed by atoms with Crippen molar-refractivity contribution in [1.82, 2.24) is 5.32 Å². The van der Waals surface area contributed by atoms with Crippen LogP contribution in [0.25, 0.3) is 5.57 Å². The van der Waals surface area contributed by atoms with Crippen molar-refractivity contribution >= 4 is 22.8 Å². The fourth-order valence-corrected chi connectivity index (χ4v) is 2.04. The predicted molar refractivity (Wildman–Crippen MR) is 82.6 cm³/mol. The number of hydrogen-bond donors (Lipinski definition) is 4. The van der Waals surface area contributed by atoms with Gasteiger partial charge >= 0.3 is 0 Å². The summed E-state index contributed by atoms with van der Waals surface area (Å²) >= 11 is 0. The van der Waals surface area contributed by atoms with Crippen molar-refractivity contribution in [2.45, 2.75) is 20.3 Å². The molecule has 5 N–H and O–H groups in total. The molecule has 1 aromatic carbocycles. The molecule has 0 fully saturated rings. The Balaban J connectivity index is 2.31. The lowest BCUT2D eigenvalue weighted by Gasteiger charge is -2.19. The third kappa shape index (κ3) is 2.82. The van der Waals surface area contributed by atoms with Crippen molar-refractivity contribution in [2.24, 2.45) is 16.6 Å². The number of nitrogens with one attached hydrogen (secondary N) is 2. The maximum absolute atomic E-state index is 10.0. The van der Waals surface area contributed by atoms with Crippen LogP contribution in [0.15, 0.2) is 29.4 Å². The van der Waals surface area contributed by atoms with Gasteiger partial charge in [0, 0.05) is 18.3 Å². The number of amidine groups is 1. The summed E-state index contributed by atoms with van der Waals surface area (Å²) in [6.45, 7) is 5.13. The van der Waals surface area contributed by atoms with Crippen LogP contribution in [0, 0.1) is 11.3 Å². The second-order valence-corrected chi connectivity index (χ2v) is 5.24. The van der Waals surface area contributed by atoms with Gasteiger partial charge < -0.3 is 16.2 Å². The molecule has 2 rings (SSSR count). The standard InChI is InChI=1S/C15H20N4O/c1-9(2)6-7-18-8-10-13-11(4-3-5-12(13)20)19-15(17)14(10)16/h3-5,8-9,16,18,20H,6-7H2,1-2H3,(H2,17,19)/b10-8-,16-14?. The number of nitrogens with two attached hydrogens (primary N) is 1. The molecule has 0 aromatic heterocycles. The largest absolute Gasteiger partial charge is 0.507 e. The number of benzene rings is 1. The summed E-state index contributed by atoms with van der Waals surface area (Å²) in [5.41, 5.74) is 7.63. The first-order valence-electron chi connectivity index (χ1n) is 6.70. The zero-order chi connectivity index (χ0) is 14.7. The average Bonchev–Trinajstić information content (AvgIpc) is 2.38. The Kier molecular flexibility index (Phi) is 4.08. The summed E-state index contributed by atoms with van der Waals surface area (Å²) < 4.78 is 0. The second-order valence-electron chi connectivity index (χ2n) is 5.24. The van der Waals surface area contributed by atoms with Gasteiger partial charge in [-0.15, -0.1) is 0 Å². The summed E-state index contributed by atoms with van der Waals surface area (Å²) in [6.07, 6.45) is 2.78. The first-order valence-corrected chi connectivity index (χ1v) is 6.70. The summed E-state index contributed by atoms with van der Waals surface area (Å²) in [6, 6.07) is 5.07. The van der Waals surface area contributed by atoms with Crippen LogP contribution in [-0.4, -0.2) is 23.2 Å². The molecule has 1 aliphatic heterocycles. The molecule has 0 atom stereocenters. The minimum absolute atomic E-state index is 0.111. The molecule has 0 saturated heterocycles. The molecule has 1 aromatic rings. The molecule has 5 nitrogen and oxygen atoms in total. The average molecular weight is 272 g/mol. The Bertz CT molecular complexity index is 588. The minimum Gasteiger partial charge on any atom is -0.507 e. The number of phenols is 1. The second kappa shape index (κ2) is 5.77. The van der Waals surface area contributed by atoms with Crippen LogP contribution in [0.4, 0.5) is 5.69 Å². The van der Waals surface area contributed by atoms with Crippen molar-refractivity contribution < 1.29 is 5.11 Å². The molecule has 1 aliphatic rings. The molecule has 0 saturated carbocycles. The highest BCUT2D eigenvalue weighted by molar-refractivity contribution is 6.57. The van der Waals surface area contributed by atoms with Crippen LogP contribution in [0.3, 0.4) is 0 Å². The monoisotopic (exact) mass is 272 g/mol. The van der Waals surface area contributed by atoms with E-state index < -0.39 is 0 Å². The van der Waals surface area contributed by atoms with Gasteiger partial charge in [-0.1, -0.05) is 19.9 Å². The van der Waals surface area contributed by atoms with Crippen LogP contribution < -0.4 is 11.1 Å². The van der Waals surface area contributed by atoms with Crippen LogP contribution in [0.5, 0.6) is 5.75 Å². The SMILES string of the molecule is CC(C)CCN/C=C1\C(=N)C(N)=Nc2cccc(O)c21. The predicted octanol–water partition coefficient (Wildman–Crippen LogP) is 2.39. The first-order chi connectivity index (χ1) is 9.50. The molecular formula is C15H20N4O. The van der Waals surface area contributed by atoms with Gasteiger partial charge in [0.25, 0.3) is 0 Å². The van der Waals surface area contributed by atoms with E-state index in [1.807, 2.05) is 0 Å². The van der Waals surface area contributed by atoms with Crippen LogP contribution in [0.2, 0.25) is 0 Å². The Morgan fingerprint density at radius 3 is 2.90 bits per heavy atom. The fraction of sp³-hybridized carbons (Fsp3) is 0.333. The summed E-state index contributed by atoms with van der Waals surface area (Å²) in [5, 5.41) is 21.2. The summed E-state index contributed by atoms with van der Waals surface area (Å²) in [7, 11) is 0. The number of aliphatic imine (C=N–C) groups is 1. The highest BCUT2D eigenvalue weighted by atomic mass is 16.3. The molecule has 0 aliphatic carbocycles.